The molecule has 6 heteroatoms. The van der Waals surface area contributed by atoms with Gasteiger partial charge in [-0.2, -0.15) is 0 Å². The van der Waals surface area contributed by atoms with Crippen molar-refractivity contribution in [2.24, 2.45) is 0 Å². The van der Waals surface area contributed by atoms with Crippen LogP contribution in [0.2, 0.25) is 0 Å². The zero-order chi connectivity index (χ0) is 20.4. The van der Waals surface area contributed by atoms with Crippen molar-refractivity contribution in [1.29, 1.82) is 0 Å². The average molecular weight is 406 g/mol. The van der Waals surface area contributed by atoms with Crippen molar-refractivity contribution < 1.29 is 14.0 Å². The minimum absolute atomic E-state index is 0.0233. The van der Waals surface area contributed by atoms with Crippen LogP contribution in [0, 0.1) is 12.7 Å². The summed E-state index contributed by atoms with van der Waals surface area (Å²) in [6.45, 7) is 2.00. The Morgan fingerprint density at radius 3 is 2.59 bits per heavy atom. The predicted molar refractivity (Wildman–Crippen MR) is 115 cm³/mol. The summed E-state index contributed by atoms with van der Waals surface area (Å²) in [7, 11) is 0. The number of carbonyl (C=O) groups excluding carboxylic acids is 2. The molecule has 1 aliphatic heterocycles. The Labute approximate surface area is 172 Å². The molecule has 0 radical (unpaired) electrons. The third-order valence-corrected chi connectivity index (χ3v) is 5.94. The predicted octanol–water partition coefficient (Wildman–Crippen LogP) is 5.17. The zero-order valence-electron chi connectivity index (χ0n) is 15.8. The molecule has 0 saturated carbocycles. The third-order valence-electron chi connectivity index (χ3n) is 4.74. The number of amides is 2. The van der Waals surface area contributed by atoms with Crippen LogP contribution in [0.4, 0.5) is 15.8 Å². The molecule has 0 spiro atoms. The van der Waals surface area contributed by atoms with Crippen LogP contribution in [0.5, 0.6) is 0 Å². The molecule has 1 N–H and O–H groups in total. The van der Waals surface area contributed by atoms with E-state index in [0.29, 0.717) is 11.4 Å². The molecule has 4 nitrogen and oxygen atoms in total. The molecular weight excluding hydrogens is 387 g/mol. The number of thioether (sulfide) groups is 1. The fourth-order valence-electron chi connectivity index (χ4n) is 3.29. The molecule has 1 aliphatic rings. The summed E-state index contributed by atoms with van der Waals surface area (Å²) in [5.74, 6) is -0.471. The van der Waals surface area contributed by atoms with Crippen molar-refractivity contribution in [1.82, 2.24) is 0 Å². The summed E-state index contributed by atoms with van der Waals surface area (Å²) in [4.78, 5) is 27.0. The lowest BCUT2D eigenvalue weighted by Crippen LogP contribution is -2.28. The van der Waals surface area contributed by atoms with Crippen LogP contribution in [0.1, 0.15) is 26.9 Å². The second kappa shape index (κ2) is 8.09. The first kappa shape index (κ1) is 19.2. The van der Waals surface area contributed by atoms with Crippen molar-refractivity contribution in [3.05, 3.63) is 95.3 Å². The van der Waals surface area contributed by atoms with Crippen molar-refractivity contribution in [3.63, 3.8) is 0 Å². The van der Waals surface area contributed by atoms with Gasteiger partial charge in [-0.25, -0.2) is 4.39 Å². The van der Waals surface area contributed by atoms with E-state index < -0.39 is 11.7 Å². The fraction of sp³-hybridized carbons (Fsp3) is 0.130. The van der Waals surface area contributed by atoms with Gasteiger partial charge in [0.2, 0.25) is 5.91 Å². The number of benzene rings is 3. The highest BCUT2D eigenvalue weighted by molar-refractivity contribution is 8.00. The van der Waals surface area contributed by atoms with E-state index in [2.05, 4.69) is 5.32 Å². The van der Waals surface area contributed by atoms with E-state index >= 15 is 0 Å². The van der Waals surface area contributed by atoms with Gasteiger partial charge < -0.3 is 5.32 Å². The Morgan fingerprint density at radius 2 is 1.83 bits per heavy atom. The maximum atomic E-state index is 13.5. The molecule has 146 valence electrons. The fourth-order valence-corrected chi connectivity index (χ4v) is 4.50. The van der Waals surface area contributed by atoms with Crippen LogP contribution in [0.25, 0.3) is 0 Å². The lowest BCUT2D eigenvalue weighted by Gasteiger charge is -2.26. The third kappa shape index (κ3) is 4.03. The molecule has 3 aromatic rings. The second-order valence-electron chi connectivity index (χ2n) is 6.81. The molecule has 3 aromatic carbocycles. The lowest BCUT2D eigenvalue weighted by molar-refractivity contribution is -0.115. The van der Waals surface area contributed by atoms with Gasteiger partial charge in [0.25, 0.3) is 5.91 Å². The van der Waals surface area contributed by atoms with Crippen LogP contribution in [-0.2, 0) is 4.79 Å². The minimum atomic E-state index is -0.464. The van der Waals surface area contributed by atoms with Crippen molar-refractivity contribution in [2.75, 3.05) is 16.0 Å². The van der Waals surface area contributed by atoms with E-state index in [9.17, 15) is 14.0 Å². The SMILES string of the molecule is Cc1ccc(N2C(=O)CS[C@H]2c2ccccc2NC(=O)c2cccc(F)c2)cc1. The number of rotatable bonds is 4. The van der Waals surface area contributed by atoms with Gasteiger partial charge in [0.15, 0.2) is 0 Å². The first-order valence-electron chi connectivity index (χ1n) is 9.19. The number of para-hydroxylation sites is 1. The lowest BCUT2D eigenvalue weighted by atomic mass is 10.1. The Bertz CT molecular complexity index is 1070. The van der Waals surface area contributed by atoms with Gasteiger partial charge in [-0.1, -0.05) is 42.0 Å². The van der Waals surface area contributed by atoms with Gasteiger partial charge in [0, 0.05) is 22.5 Å². The molecule has 0 aromatic heterocycles. The summed E-state index contributed by atoms with van der Waals surface area (Å²) in [5, 5.41) is 2.61. The second-order valence-corrected chi connectivity index (χ2v) is 7.88. The van der Waals surface area contributed by atoms with Gasteiger partial charge in [-0.05, 0) is 43.3 Å². The largest absolute Gasteiger partial charge is 0.322 e. The van der Waals surface area contributed by atoms with Crippen molar-refractivity contribution in [3.8, 4) is 0 Å². The maximum absolute atomic E-state index is 13.5. The van der Waals surface area contributed by atoms with E-state index in [1.807, 2.05) is 49.4 Å². The van der Waals surface area contributed by atoms with Gasteiger partial charge in [-0.3, -0.25) is 14.5 Å². The minimum Gasteiger partial charge on any atom is -0.322 e. The zero-order valence-corrected chi connectivity index (χ0v) is 16.6. The number of halogens is 1. The number of carbonyl (C=O) groups is 2. The Hall–Kier alpha value is -3.12. The Kier molecular flexibility index (Phi) is 5.36. The molecule has 2 amide bonds. The molecule has 0 bridgehead atoms. The summed E-state index contributed by atoms with van der Waals surface area (Å²) < 4.78 is 13.5. The molecule has 1 fully saturated rings. The van der Waals surface area contributed by atoms with E-state index in [0.717, 1.165) is 16.8 Å². The topological polar surface area (TPSA) is 49.4 Å². The van der Waals surface area contributed by atoms with Crippen LogP contribution in [-0.4, -0.2) is 17.6 Å². The molecule has 1 saturated heterocycles. The maximum Gasteiger partial charge on any atom is 0.255 e. The molecule has 29 heavy (non-hydrogen) atoms. The number of nitrogens with zero attached hydrogens (tertiary/aromatic N) is 1. The van der Waals surface area contributed by atoms with Crippen LogP contribution >= 0.6 is 11.8 Å². The number of anilines is 2. The van der Waals surface area contributed by atoms with Crippen molar-refractivity contribution in [2.45, 2.75) is 12.3 Å². The van der Waals surface area contributed by atoms with Gasteiger partial charge >= 0.3 is 0 Å². The normalized spacial score (nSPS) is 16.1. The number of hydrogen-bond acceptors (Lipinski definition) is 3. The first-order valence-corrected chi connectivity index (χ1v) is 10.2. The van der Waals surface area contributed by atoms with E-state index in [4.69, 9.17) is 0 Å². The molecular formula is C23H19FN2O2S. The highest BCUT2D eigenvalue weighted by Crippen LogP contribution is 2.44. The smallest absolute Gasteiger partial charge is 0.255 e. The summed E-state index contributed by atoms with van der Waals surface area (Å²) in [6.07, 6.45) is 0. The van der Waals surface area contributed by atoms with Gasteiger partial charge in [0.1, 0.15) is 11.2 Å². The van der Waals surface area contributed by atoms with Gasteiger partial charge in [0.05, 0.1) is 5.75 Å². The van der Waals surface area contributed by atoms with Crippen LogP contribution in [0.3, 0.4) is 0 Å². The summed E-state index contributed by atoms with van der Waals surface area (Å²) in [5.41, 5.74) is 3.61. The monoisotopic (exact) mass is 406 g/mol. The van der Waals surface area contributed by atoms with E-state index in [1.165, 1.54) is 30.0 Å². The van der Waals surface area contributed by atoms with Crippen LogP contribution < -0.4 is 10.2 Å². The molecule has 0 unspecified atom stereocenters. The summed E-state index contributed by atoms with van der Waals surface area (Å²) in [6, 6.07) is 20.8. The van der Waals surface area contributed by atoms with E-state index in [1.54, 1.807) is 17.0 Å². The average Bonchev–Trinajstić information content (AvgIpc) is 3.10. The Morgan fingerprint density at radius 1 is 1.07 bits per heavy atom. The highest BCUT2D eigenvalue weighted by Gasteiger charge is 2.35. The van der Waals surface area contributed by atoms with E-state index in [-0.39, 0.29) is 16.8 Å². The highest BCUT2D eigenvalue weighted by atomic mass is 32.2. The molecule has 0 aliphatic carbocycles. The molecule has 4 rings (SSSR count). The number of aryl methyl sites for hydroxylation is 1. The molecule has 1 heterocycles. The molecule has 1 atom stereocenters. The van der Waals surface area contributed by atoms with Gasteiger partial charge in [-0.15, -0.1) is 11.8 Å². The van der Waals surface area contributed by atoms with Crippen molar-refractivity contribution >= 4 is 35.0 Å². The quantitative estimate of drug-likeness (QED) is 0.651. The number of hydrogen-bond donors (Lipinski definition) is 1. The summed E-state index contributed by atoms with van der Waals surface area (Å²) >= 11 is 1.52. The first-order chi connectivity index (χ1) is 14.0. The standard InChI is InChI=1S/C23H19FN2O2S/c1-15-9-11-18(12-10-15)26-21(27)14-29-23(26)19-7-2-3-8-20(19)25-22(28)16-5-4-6-17(24)13-16/h2-13,23H,14H2,1H3,(H,25,28)/t23-/m0/s1. The Balaban J connectivity index is 1.66. The number of nitrogens with one attached hydrogen (secondary N) is 1. The van der Waals surface area contributed by atoms with Crippen LogP contribution in [0.15, 0.2) is 72.8 Å².